The number of carbonyl (C=O) groups excluding carboxylic acids is 1. The molecule has 2 aliphatic rings. The molecule has 0 aliphatic carbocycles. The molecule has 0 unspecified atom stereocenters. The Morgan fingerprint density at radius 3 is 2.57 bits per heavy atom. The lowest BCUT2D eigenvalue weighted by Crippen LogP contribution is -2.37. The summed E-state index contributed by atoms with van der Waals surface area (Å²) in [5.74, 6) is 1.50. The molecule has 1 atom stereocenters. The molecule has 0 spiro atoms. The van der Waals surface area contributed by atoms with Crippen molar-refractivity contribution in [2.45, 2.75) is 6.42 Å². The monoisotopic (exact) mass is 382 g/mol. The van der Waals surface area contributed by atoms with Gasteiger partial charge in [0.2, 0.25) is 5.95 Å². The van der Waals surface area contributed by atoms with Crippen LogP contribution in [-0.2, 0) is 4.74 Å². The van der Waals surface area contributed by atoms with Gasteiger partial charge in [0.25, 0.3) is 5.91 Å². The highest BCUT2D eigenvalue weighted by Crippen LogP contribution is 2.24. The first-order valence-electron chi connectivity index (χ1n) is 9.71. The summed E-state index contributed by atoms with van der Waals surface area (Å²) >= 11 is 0. The van der Waals surface area contributed by atoms with E-state index in [4.69, 9.17) is 16.2 Å². The van der Waals surface area contributed by atoms with Crippen LogP contribution in [0.25, 0.3) is 11.3 Å². The Morgan fingerprint density at radius 2 is 1.89 bits per heavy atom. The van der Waals surface area contributed by atoms with Crippen LogP contribution in [0, 0.1) is 5.92 Å². The van der Waals surface area contributed by atoms with Gasteiger partial charge < -0.3 is 26.0 Å². The molecular formula is C20H26N6O2. The van der Waals surface area contributed by atoms with E-state index in [9.17, 15) is 4.79 Å². The van der Waals surface area contributed by atoms with Crippen LogP contribution in [-0.4, -0.2) is 66.7 Å². The molecule has 8 nitrogen and oxygen atoms in total. The van der Waals surface area contributed by atoms with E-state index >= 15 is 0 Å². The summed E-state index contributed by atoms with van der Waals surface area (Å²) in [6, 6.07) is 9.27. The third kappa shape index (κ3) is 3.93. The van der Waals surface area contributed by atoms with Crippen LogP contribution in [0.4, 0.5) is 11.8 Å². The lowest BCUT2D eigenvalue weighted by molar-refractivity contribution is 0.0787. The lowest BCUT2D eigenvalue weighted by atomic mass is 10.1. The lowest BCUT2D eigenvalue weighted by Gasteiger charge is -2.27. The Hall–Kier alpha value is -2.71. The van der Waals surface area contributed by atoms with E-state index in [1.807, 2.05) is 29.2 Å². The fourth-order valence-electron chi connectivity index (χ4n) is 3.68. The van der Waals surface area contributed by atoms with Crippen molar-refractivity contribution in [3.63, 3.8) is 0 Å². The van der Waals surface area contributed by atoms with E-state index in [1.165, 1.54) is 0 Å². The number of nitrogen functional groups attached to an aromatic ring is 1. The highest BCUT2D eigenvalue weighted by Gasteiger charge is 2.26. The van der Waals surface area contributed by atoms with Gasteiger partial charge in [-0.1, -0.05) is 12.1 Å². The number of aromatic nitrogens is 2. The predicted molar refractivity (Wildman–Crippen MR) is 108 cm³/mol. The van der Waals surface area contributed by atoms with E-state index in [-0.39, 0.29) is 5.91 Å². The second-order valence-electron chi connectivity index (χ2n) is 7.30. The maximum absolute atomic E-state index is 12.7. The first-order valence-corrected chi connectivity index (χ1v) is 9.71. The number of morpholine rings is 1. The van der Waals surface area contributed by atoms with Gasteiger partial charge in [-0.25, -0.2) is 4.98 Å². The summed E-state index contributed by atoms with van der Waals surface area (Å²) in [7, 11) is 0. The van der Waals surface area contributed by atoms with E-state index < -0.39 is 0 Å². The third-order valence-electron chi connectivity index (χ3n) is 5.36. The minimum atomic E-state index is 0.0544. The first-order chi connectivity index (χ1) is 13.6. The van der Waals surface area contributed by atoms with Crippen LogP contribution < -0.4 is 16.4 Å². The van der Waals surface area contributed by atoms with Crippen molar-refractivity contribution < 1.29 is 9.53 Å². The van der Waals surface area contributed by atoms with Crippen LogP contribution in [0.2, 0.25) is 0 Å². The third-order valence-corrected chi connectivity index (χ3v) is 5.36. The van der Waals surface area contributed by atoms with Gasteiger partial charge in [0.1, 0.15) is 5.82 Å². The summed E-state index contributed by atoms with van der Waals surface area (Å²) in [6.07, 6.45) is 0.977. The van der Waals surface area contributed by atoms with Crippen LogP contribution in [0.3, 0.4) is 0 Å². The average molecular weight is 382 g/mol. The number of amides is 1. The highest BCUT2D eigenvalue weighted by atomic mass is 16.5. The normalized spacial score (nSPS) is 19.8. The molecule has 148 valence electrons. The molecule has 28 heavy (non-hydrogen) atoms. The fourth-order valence-corrected chi connectivity index (χ4v) is 3.68. The molecule has 4 rings (SSSR count). The van der Waals surface area contributed by atoms with Crippen LogP contribution in [0.1, 0.15) is 16.8 Å². The molecule has 1 aromatic carbocycles. The molecule has 0 saturated carbocycles. The molecule has 0 radical (unpaired) electrons. The van der Waals surface area contributed by atoms with E-state index in [2.05, 4.69) is 14.9 Å². The standard InChI is InChI=1S/C20H26N6O2/c21-12-14-5-6-26(13-14)19(27)16-3-1-15(2-4-16)17-11-18(22)24-20(23-17)25-7-9-28-10-8-25/h1-4,11,14H,5-10,12-13,21H2,(H2,22,23,24)/t14-/m1/s1. The first kappa shape index (κ1) is 18.6. The number of nitrogens with two attached hydrogens (primary N) is 2. The topological polar surface area (TPSA) is 111 Å². The predicted octanol–water partition coefficient (Wildman–Crippen LogP) is 0.983. The molecule has 2 aliphatic heterocycles. The summed E-state index contributed by atoms with van der Waals surface area (Å²) < 4.78 is 5.39. The van der Waals surface area contributed by atoms with Gasteiger partial charge in [-0.2, -0.15) is 4.98 Å². The van der Waals surface area contributed by atoms with Gasteiger partial charge >= 0.3 is 0 Å². The molecule has 2 saturated heterocycles. The maximum Gasteiger partial charge on any atom is 0.253 e. The molecule has 2 fully saturated rings. The molecule has 8 heteroatoms. The van der Waals surface area contributed by atoms with Crippen molar-refractivity contribution in [3.05, 3.63) is 35.9 Å². The zero-order valence-corrected chi connectivity index (χ0v) is 15.9. The number of rotatable bonds is 4. The SMILES string of the molecule is NC[C@H]1CCN(C(=O)c2ccc(-c3cc(N)nc(N4CCOCC4)n3)cc2)C1. The molecule has 1 amide bonds. The fraction of sp³-hybridized carbons (Fsp3) is 0.450. The Kier molecular flexibility index (Phi) is 5.40. The smallest absolute Gasteiger partial charge is 0.253 e. The van der Waals surface area contributed by atoms with Gasteiger partial charge in [0, 0.05) is 43.4 Å². The minimum Gasteiger partial charge on any atom is -0.384 e. The summed E-state index contributed by atoms with van der Waals surface area (Å²) in [4.78, 5) is 25.7. The van der Waals surface area contributed by atoms with Gasteiger partial charge in [0.15, 0.2) is 0 Å². The molecular weight excluding hydrogens is 356 g/mol. The maximum atomic E-state index is 12.7. The van der Waals surface area contributed by atoms with Crippen LogP contribution in [0.15, 0.2) is 30.3 Å². The zero-order valence-electron chi connectivity index (χ0n) is 15.9. The summed E-state index contributed by atoms with van der Waals surface area (Å²) in [5, 5.41) is 0. The highest BCUT2D eigenvalue weighted by molar-refractivity contribution is 5.94. The molecule has 1 aromatic heterocycles. The number of hydrogen-bond donors (Lipinski definition) is 2. The van der Waals surface area contributed by atoms with Gasteiger partial charge in [-0.3, -0.25) is 4.79 Å². The Balaban J connectivity index is 1.52. The number of likely N-dealkylation sites (tertiary alicyclic amines) is 1. The molecule has 4 N–H and O–H groups in total. The van der Waals surface area contributed by atoms with Crippen molar-refractivity contribution >= 4 is 17.7 Å². The van der Waals surface area contributed by atoms with Crippen molar-refractivity contribution in [1.29, 1.82) is 0 Å². The Labute approximate surface area is 164 Å². The van der Waals surface area contributed by atoms with Crippen molar-refractivity contribution in [1.82, 2.24) is 14.9 Å². The Bertz CT molecular complexity index is 835. The number of ether oxygens (including phenoxy) is 1. The molecule has 3 heterocycles. The second-order valence-corrected chi connectivity index (χ2v) is 7.30. The van der Waals surface area contributed by atoms with Crippen molar-refractivity contribution in [2.75, 3.05) is 56.6 Å². The number of hydrogen-bond acceptors (Lipinski definition) is 7. The summed E-state index contributed by atoms with van der Waals surface area (Å²) in [6.45, 7) is 4.95. The summed E-state index contributed by atoms with van der Waals surface area (Å²) in [5.41, 5.74) is 14.1. The Morgan fingerprint density at radius 1 is 1.14 bits per heavy atom. The van der Waals surface area contributed by atoms with E-state index in [0.717, 1.165) is 43.9 Å². The van der Waals surface area contributed by atoms with Crippen molar-refractivity contribution in [2.24, 2.45) is 11.7 Å². The van der Waals surface area contributed by atoms with Gasteiger partial charge in [0.05, 0.1) is 18.9 Å². The number of carbonyl (C=O) groups is 1. The van der Waals surface area contributed by atoms with E-state index in [0.29, 0.717) is 43.0 Å². The number of nitrogens with zero attached hydrogens (tertiary/aromatic N) is 4. The number of anilines is 2. The number of benzene rings is 1. The quantitative estimate of drug-likeness (QED) is 0.811. The van der Waals surface area contributed by atoms with Gasteiger partial charge in [-0.15, -0.1) is 0 Å². The van der Waals surface area contributed by atoms with Crippen molar-refractivity contribution in [3.8, 4) is 11.3 Å². The minimum absolute atomic E-state index is 0.0544. The molecule has 0 bridgehead atoms. The van der Waals surface area contributed by atoms with Crippen LogP contribution in [0.5, 0.6) is 0 Å². The van der Waals surface area contributed by atoms with Crippen LogP contribution >= 0.6 is 0 Å². The zero-order chi connectivity index (χ0) is 19.5. The second kappa shape index (κ2) is 8.12. The van der Waals surface area contributed by atoms with E-state index in [1.54, 1.807) is 6.07 Å². The van der Waals surface area contributed by atoms with Gasteiger partial charge in [-0.05, 0) is 31.0 Å². The largest absolute Gasteiger partial charge is 0.384 e. The molecule has 2 aromatic rings. The average Bonchev–Trinajstić information content (AvgIpc) is 3.23.